The summed E-state index contributed by atoms with van der Waals surface area (Å²) in [6.45, 7) is 1.73. The van der Waals surface area contributed by atoms with Crippen LogP contribution in [0.4, 0.5) is 5.69 Å². The number of carbonyl (C=O) groups excluding carboxylic acids is 1. The first-order chi connectivity index (χ1) is 15.6. The molecule has 0 spiro atoms. The van der Waals surface area contributed by atoms with Crippen LogP contribution >= 0.6 is 0 Å². The Bertz CT molecular complexity index is 1500. The number of hydrogen-bond acceptors (Lipinski definition) is 6. The van der Waals surface area contributed by atoms with Crippen LogP contribution in [0, 0.1) is 6.92 Å². The highest BCUT2D eigenvalue weighted by molar-refractivity contribution is 6.06. The summed E-state index contributed by atoms with van der Waals surface area (Å²) >= 11 is 0. The minimum atomic E-state index is -0.426. The van der Waals surface area contributed by atoms with Gasteiger partial charge in [-0.25, -0.2) is 4.79 Å². The summed E-state index contributed by atoms with van der Waals surface area (Å²) in [6.07, 6.45) is 0. The number of amides is 1. The molecule has 0 aliphatic carbocycles. The van der Waals surface area contributed by atoms with Gasteiger partial charge < -0.3 is 14.3 Å². The first kappa shape index (κ1) is 19.4. The Kier molecular flexibility index (Phi) is 4.84. The van der Waals surface area contributed by atoms with E-state index in [4.69, 9.17) is 8.94 Å². The number of aryl methyl sites for hydroxylation is 1. The van der Waals surface area contributed by atoms with Crippen molar-refractivity contribution in [1.29, 1.82) is 0 Å². The summed E-state index contributed by atoms with van der Waals surface area (Å²) < 4.78 is 10.6. The Hall–Kier alpha value is -4.52. The van der Waals surface area contributed by atoms with Gasteiger partial charge in [-0.15, -0.1) is 0 Å². The van der Waals surface area contributed by atoms with Gasteiger partial charge in [-0.3, -0.25) is 4.79 Å². The van der Waals surface area contributed by atoms with Crippen LogP contribution in [0.2, 0.25) is 0 Å². The summed E-state index contributed by atoms with van der Waals surface area (Å²) in [5.41, 5.74) is 2.84. The molecule has 0 unspecified atom stereocenters. The summed E-state index contributed by atoms with van der Waals surface area (Å²) in [6, 6.07) is 23.1. The number of anilines is 1. The lowest BCUT2D eigenvalue weighted by Gasteiger charge is -2.09. The van der Waals surface area contributed by atoms with Gasteiger partial charge >= 0.3 is 5.63 Å². The summed E-state index contributed by atoms with van der Waals surface area (Å²) in [5, 5.41) is 7.52. The zero-order valence-corrected chi connectivity index (χ0v) is 17.0. The number of rotatable bonds is 4. The number of para-hydroxylation sites is 2. The minimum absolute atomic E-state index is 0.300. The van der Waals surface area contributed by atoms with Gasteiger partial charge in [0.1, 0.15) is 5.58 Å². The molecule has 156 valence electrons. The van der Waals surface area contributed by atoms with Crippen LogP contribution in [-0.4, -0.2) is 16.0 Å². The molecule has 5 rings (SSSR count). The first-order valence-electron chi connectivity index (χ1n) is 9.93. The zero-order chi connectivity index (χ0) is 22.1. The Morgan fingerprint density at radius 2 is 1.66 bits per heavy atom. The quantitative estimate of drug-likeness (QED) is 0.405. The lowest BCUT2D eigenvalue weighted by atomic mass is 10.0. The van der Waals surface area contributed by atoms with E-state index in [1.54, 1.807) is 55.5 Å². The van der Waals surface area contributed by atoms with Gasteiger partial charge in [-0.05, 0) is 48.9 Å². The highest BCUT2D eigenvalue weighted by Crippen LogP contribution is 2.27. The Balaban J connectivity index is 1.41. The zero-order valence-electron chi connectivity index (χ0n) is 17.0. The van der Waals surface area contributed by atoms with Crippen molar-refractivity contribution in [2.45, 2.75) is 6.92 Å². The van der Waals surface area contributed by atoms with Crippen LogP contribution in [-0.2, 0) is 0 Å². The predicted octanol–water partition coefficient (Wildman–Crippen LogP) is 5.07. The highest BCUT2D eigenvalue weighted by Gasteiger charge is 2.15. The molecule has 0 atom stereocenters. The van der Waals surface area contributed by atoms with Crippen LogP contribution in [0.5, 0.6) is 0 Å². The Morgan fingerprint density at radius 1 is 0.906 bits per heavy atom. The van der Waals surface area contributed by atoms with E-state index in [-0.39, 0.29) is 5.91 Å². The minimum Gasteiger partial charge on any atom is -0.422 e. The largest absolute Gasteiger partial charge is 0.422 e. The molecule has 1 amide bonds. The van der Waals surface area contributed by atoms with Crippen molar-refractivity contribution < 1.29 is 13.7 Å². The molecule has 0 aliphatic heterocycles. The van der Waals surface area contributed by atoms with Crippen molar-refractivity contribution in [1.82, 2.24) is 10.1 Å². The molecule has 0 bridgehead atoms. The smallest absolute Gasteiger partial charge is 0.344 e. The average Bonchev–Trinajstić information content (AvgIpc) is 3.25. The van der Waals surface area contributed by atoms with Gasteiger partial charge in [-0.2, -0.15) is 4.98 Å². The fraction of sp³-hybridized carbons (Fsp3) is 0.0400. The molecule has 5 aromatic rings. The van der Waals surface area contributed by atoms with Gasteiger partial charge in [0, 0.05) is 10.9 Å². The van der Waals surface area contributed by atoms with Crippen molar-refractivity contribution in [2.75, 3.05) is 5.32 Å². The Morgan fingerprint density at radius 3 is 2.44 bits per heavy atom. The van der Waals surface area contributed by atoms with E-state index >= 15 is 0 Å². The maximum Gasteiger partial charge on any atom is 0.344 e. The number of nitrogens with zero attached hydrogens (tertiary/aromatic N) is 2. The van der Waals surface area contributed by atoms with Gasteiger partial charge in [-0.1, -0.05) is 47.6 Å². The van der Waals surface area contributed by atoms with Crippen LogP contribution in [0.15, 0.2) is 92.6 Å². The van der Waals surface area contributed by atoms with E-state index in [1.807, 2.05) is 30.3 Å². The molecule has 0 saturated heterocycles. The number of hydrogen-bond donors (Lipinski definition) is 1. The maximum atomic E-state index is 12.8. The number of fused-ring (bicyclic) bond motifs is 1. The molecule has 2 heterocycles. The van der Waals surface area contributed by atoms with Crippen molar-refractivity contribution in [3.63, 3.8) is 0 Å². The molecule has 2 aromatic heterocycles. The fourth-order valence-corrected chi connectivity index (χ4v) is 3.44. The van der Waals surface area contributed by atoms with Crippen molar-refractivity contribution >= 4 is 22.6 Å². The third-order valence-corrected chi connectivity index (χ3v) is 5.03. The number of aromatic nitrogens is 2. The second-order valence-corrected chi connectivity index (χ2v) is 7.21. The lowest BCUT2D eigenvalue weighted by molar-refractivity contribution is 0.102. The van der Waals surface area contributed by atoms with Crippen molar-refractivity contribution in [2.24, 2.45) is 0 Å². The third-order valence-electron chi connectivity index (χ3n) is 5.03. The summed E-state index contributed by atoms with van der Waals surface area (Å²) in [5.74, 6) is 0.539. The first-order valence-corrected chi connectivity index (χ1v) is 9.93. The SMILES string of the molecule is Cc1noc(-c2ccccc2NC(=O)c2ccc(-c3cc4ccccc4oc3=O)cc2)n1. The summed E-state index contributed by atoms with van der Waals surface area (Å²) in [4.78, 5) is 29.5. The van der Waals surface area contributed by atoms with Crippen molar-refractivity contribution in [3.05, 3.63) is 101 Å². The second kappa shape index (κ2) is 7.96. The maximum absolute atomic E-state index is 12.8. The lowest BCUT2D eigenvalue weighted by Crippen LogP contribution is -2.12. The third kappa shape index (κ3) is 3.67. The number of carbonyl (C=O) groups is 1. The van der Waals surface area contributed by atoms with Gasteiger partial charge in [0.05, 0.1) is 16.8 Å². The van der Waals surface area contributed by atoms with Gasteiger partial charge in [0.25, 0.3) is 11.8 Å². The van der Waals surface area contributed by atoms with E-state index in [0.29, 0.717) is 45.2 Å². The molecular formula is C25H17N3O4. The van der Waals surface area contributed by atoms with Crippen molar-refractivity contribution in [3.8, 4) is 22.6 Å². The topological polar surface area (TPSA) is 98.2 Å². The number of nitrogens with one attached hydrogen (secondary N) is 1. The van der Waals surface area contributed by atoms with Gasteiger partial charge in [0.15, 0.2) is 5.82 Å². The van der Waals surface area contributed by atoms with E-state index in [1.165, 1.54) is 0 Å². The second-order valence-electron chi connectivity index (χ2n) is 7.21. The van der Waals surface area contributed by atoms with Crippen LogP contribution in [0.25, 0.3) is 33.6 Å². The van der Waals surface area contributed by atoms with E-state index in [2.05, 4.69) is 15.5 Å². The molecule has 7 heteroatoms. The fourth-order valence-electron chi connectivity index (χ4n) is 3.44. The molecule has 0 radical (unpaired) electrons. The molecule has 0 aliphatic rings. The normalized spacial score (nSPS) is 10.9. The standard InChI is InChI=1S/C25H17N3O4/c1-15-26-24(32-28-15)19-7-3-4-8-21(19)27-23(29)17-12-10-16(11-13-17)20-14-18-6-2-5-9-22(18)31-25(20)30/h2-14H,1H3,(H,27,29). The predicted molar refractivity (Wildman–Crippen MR) is 120 cm³/mol. The van der Waals surface area contributed by atoms with Crippen LogP contribution in [0.1, 0.15) is 16.2 Å². The van der Waals surface area contributed by atoms with Gasteiger partial charge in [0.2, 0.25) is 0 Å². The van der Waals surface area contributed by atoms with Crippen LogP contribution in [0.3, 0.4) is 0 Å². The molecule has 7 nitrogen and oxygen atoms in total. The average molecular weight is 423 g/mol. The summed E-state index contributed by atoms with van der Waals surface area (Å²) in [7, 11) is 0. The molecule has 3 aromatic carbocycles. The molecule has 0 saturated carbocycles. The molecule has 0 fully saturated rings. The highest BCUT2D eigenvalue weighted by atomic mass is 16.5. The number of benzene rings is 3. The van der Waals surface area contributed by atoms with Crippen LogP contribution < -0.4 is 10.9 Å². The molecule has 1 N–H and O–H groups in total. The van der Waals surface area contributed by atoms with E-state index in [0.717, 1.165) is 5.39 Å². The van der Waals surface area contributed by atoms with E-state index in [9.17, 15) is 9.59 Å². The molecule has 32 heavy (non-hydrogen) atoms. The Labute approximate surface area is 182 Å². The van der Waals surface area contributed by atoms with E-state index < -0.39 is 5.63 Å². The molecular weight excluding hydrogens is 406 g/mol. The monoisotopic (exact) mass is 423 g/mol.